The number of aryl methyl sites for hydroxylation is 1. The molecule has 0 fully saturated rings. The molecule has 2 unspecified atom stereocenters. The molecule has 0 aliphatic heterocycles. The largest absolute Gasteiger partial charge is 0.480 e. The number of hydrogen-bond donors (Lipinski definition) is 2. The SMILES string of the molecule is CCC(NC(=O)C(CC)Oc1ccccc1C)C(=O)O. The fraction of sp³-hybridized carbons (Fsp3) is 0.467. The Morgan fingerprint density at radius 1 is 1.25 bits per heavy atom. The molecule has 5 heteroatoms. The van der Waals surface area contributed by atoms with Crippen LogP contribution in [-0.4, -0.2) is 29.1 Å². The Bertz CT molecular complexity index is 473. The molecular formula is C15H21NO4. The van der Waals surface area contributed by atoms with Crippen molar-refractivity contribution in [3.05, 3.63) is 29.8 Å². The number of rotatable bonds is 7. The predicted molar refractivity (Wildman–Crippen MR) is 75.7 cm³/mol. The summed E-state index contributed by atoms with van der Waals surface area (Å²) in [6.45, 7) is 5.43. The third-order valence-electron chi connectivity index (χ3n) is 3.05. The van der Waals surface area contributed by atoms with Crippen molar-refractivity contribution < 1.29 is 19.4 Å². The molecule has 0 saturated carbocycles. The van der Waals surface area contributed by atoms with E-state index in [4.69, 9.17) is 9.84 Å². The summed E-state index contributed by atoms with van der Waals surface area (Å²) in [5.41, 5.74) is 0.934. The van der Waals surface area contributed by atoms with E-state index < -0.39 is 24.0 Å². The minimum Gasteiger partial charge on any atom is -0.480 e. The van der Waals surface area contributed by atoms with E-state index in [-0.39, 0.29) is 0 Å². The van der Waals surface area contributed by atoms with Gasteiger partial charge in [-0.05, 0) is 31.4 Å². The monoisotopic (exact) mass is 279 g/mol. The third-order valence-corrected chi connectivity index (χ3v) is 3.05. The average Bonchev–Trinajstić information content (AvgIpc) is 2.43. The molecule has 2 N–H and O–H groups in total. The minimum atomic E-state index is -1.04. The quantitative estimate of drug-likeness (QED) is 0.801. The Morgan fingerprint density at radius 2 is 1.90 bits per heavy atom. The molecular weight excluding hydrogens is 258 g/mol. The number of carboxylic acids is 1. The third kappa shape index (κ3) is 4.26. The van der Waals surface area contributed by atoms with E-state index in [2.05, 4.69) is 5.32 Å². The number of para-hydroxylation sites is 1. The van der Waals surface area contributed by atoms with Crippen LogP contribution in [0.5, 0.6) is 5.75 Å². The first kappa shape index (κ1) is 16.0. The lowest BCUT2D eigenvalue weighted by Crippen LogP contribution is -2.46. The number of carboxylic acid groups (broad SMARTS) is 1. The van der Waals surface area contributed by atoms with Crippen LogP contribution in [0, 0.1) is 6.92 Å². The van der Waals surface area contributed by atoms with Crippen LogP contribution in [0.15, 0.2) is 24.3 Å². The van der Waals surface area contributed by atoms with Crippen molar-refractivity contribution in [1.82, 2.24) is 5.32 Å². The second kappa shape index (κ2) is 7.53. The first-order valence-electron chi connectivity index (χ1n) is 6.75. The van der Waals surface area contributed by atoms with Gasteiger partial charge in [-0.2, -0.15) is 0 Å². The van der Waals surface area contributed by atoms with Crippen LogP contribution in [0.25, 0.3) is 0 Å². The number of hydrogen-bond acceptors (Lipinski definition) is 3. The number of amides is 1. The molecule has 20 heavy (non-hydrogen) atoms. The van der Waals surface area contributed by atoms with E-state index >= 15 is 0 Å². The van der Waals surface area contributed by atoms with Crippen molar-refractivity contribution in [3.63, 3.8) is 0 Å². The van der Waals surface area contributed by atoms with Crippen LogP contribution < -0.4 is 10.1 Å². The summed E-state index contributed by atoms with van der Waals surface area (Å²) in [6.07, 6.45) is 0.113. The summed E-state index contributed by atoms with van der Waals surface area (Å²) in [5, 5.41) is 11.4. The highest BCUT2D eigenvalue weighted by molar-refractivity contribution is 5.86. The van der Waals surface area contributed by atoms with Gasteiger partial charge in [-0.25, -0.2) is 4.79 Å². The van der Waals surface area contributed by atoms with Gasteiger partial charge in [0, 0.05) is 0 Å². The molecule has 0 heterocycles. The molecule has 0 bridgehead atoms. The van der Waals surface area contributed by atoms with Gasteiger partial charge in [0.25, 0.3) is 5.91 Å². The molecule has 0 radical (unpaired) electrons. The van der Waals surface area contributed by atoms with Gasteiger partial charge in [0.05, 0.1) is 0 Å². The van der Waals surface area contributed by atoms with Crippen molar-refractivity contribution in [3.8, 4) is 5.75 Å². The van der Waals surface area contributed by atoms with E-state index in [0.717, 1.165) is 5.56 Å². The topological polar surface area (TPSA) is 75.6 Å². The molecule has 1 aromatic carbocycles. The average molecular weight is 279 g/mol. The normalized spacial score (nSPS) is 13.3. The fourth-order valence-corrected chi connectivity index (χ4v) is 1.77. The summed E-state index contributed by atoms with van der Waals surface area (Å²) in [7, 11) is 0. The van der Waals surface area contributed by atoms with E-state index in [1.54, 1.807) is 13.0 Å². The first-order valence-corrected chi connectivity index (χ1v) is 6.75. The van der Waals surface area contributed by atoms with Crippen molar-refractivity contribution in [2.24, 2.45) is 0 Å². The van der Waals surface area contributed by atoms with Crippen LogP contribution in [0.2, 0.25) is 0 Å². The van der Waals surface area contributed by atoms with E-state index in [1.165, 1.54) is 0 Å². The summed E-state index contributed by atoms with van der Waals surface area (Å²) in [6, 6.07) is 6.53. The molecule has 0 aliphatic carbocycles. The van der Waals surface area contributed by atoms with Crippen LogP contribution in [0.4, 0.5) is 0 Å². The molecule has 2 atom stereocenters. The fourth-order valence-electron chi connectivity index (χ4n) is 1.77. The lowest BCUT2D eigenvalue weighted by atomic mass is 10.2. The highest BCUT2D eigenvalue weighted by Gasteiger charge is 2.24. The smallest absolute Gasteiger partial charge is 0.326 e. The predicted octanol–water partition coefficient (Wildman–Crippen LogP) is 2.13. The number of benzene rings is 1. The van der Waals surface area contributed by atoms with Crippen LogP contribution in [0.3, 0.4) is 0 Å². The van der Waals surface area contributed by atoms with Gasteiger partial charge in [-0.15, -0.1) is 0 Å². The van der Waals surface area contributed by atoms with Crippen molar-refractivity contribution in [2.45, 2.75) is 45.8 Å². The van der Waals surface area contributed by atoms with Gasteiger partial charge >= 0.3 is 5.97 Å². The zero-order valence-corrected chi connectivity index (χ0v) is 12.1. The summed E-state index contributed by atoms with van der Waals surface area (Å²) in [4.78, 5) is 23.0. The summed E-state index contributed by atoms with van der Waals surface area (Å²) >= 11 is 0. The standard InChI is InChI=1S/C15H21NO4/c1-4-11(15(18)19)16-14(17)12(5-2)20-13-9-7-6-8-10(13)3/h6-9,11-12H,4-5H2,1-3H3,(H,16,17)(H,18,19). The maximum Gasteiger partial charge on any atom is 0.326 e. The maximum atomic E-state index is 12.1. The molecule has 0 spiro atoms. The molecule has 1 rings (SSSR count). The minimum absolute atomic E-state index is 0.335. The Labute approximate surface area is 118 Å². The molecule has 5 nitrogen and oxygen atoms in total. The number of aliphatic carboxylic acids is 1. The van der Waals surface area contributed by atoms with E-state index in [0.29, 0.717) is 18.6 Å². The molecule has 110 valence electrons. The maximum absolute atomic E-state index is 12.1. The molecule has 0 aliphatic rings. The van der Waals surface area contributed by atoms with Gasteiger partial charge < -0.3 is 15.2 Å². The van der Waals surface area contributed by atoms with Crippen molar-refractivity contribution in [1.29, 1.82) is 0 Å². The Kier molecular flexibility index (Phi) is 6.03. The summed E-state index contributed by atoms with van der Waals surface area (Å²) < 4.78 is 5.68. The Morgan fingerprint density at radius 3 is 2.40 bits per heavy atom. The van der Waals surface area contributed by atoms with Gasteiger partial charge in [0.15, 0.2) is 6.10 Å². The van der Waals surface area contributed by atoms with E-state index in [1.807, 2.05) is 32.0 Å². The Hall–Kier alpha value is -2.04. The number of carbonyl (C=O) groups excluding carboxylic acids is 1. The van der Waals surface area contributed by atoms with Gasteiger partial charge in [-0.3, -0.25) is 4.79 Å². The number of ether oxygens (including phenoxy) is 1. The summed E-state index contributed by atoms with van der Waals surface area (Å²) in [5.74, 6) is -0.797. The van der Waals surface area contributed by atoms with Crippen molar-refractivity contribution >= 4 is 11.9 Å². The second-order valence-corrected chi connectivity index (χ2v) is 4.59. The van der Waals surface area contributed by atoms with Gasteiger partial charge in [0.2, 0.25) is 0 Å². The molecule has 1 amide bonds. The van der Waals surface area contributed by atoms with Crippen LogP contribution in [-0.2, 0) is 9.59 Å². The highest BCUT2D eigenvalue weighted by atomic mass is 16.5. The van der Waals surface area contributed by atoms with Gasteiger partial charge in [0.1, 0.15) is 11.8 Å². The molecule has 0 saturated heterocycles. The lowest BCUT2D eigenvalue weighted by Gasteiger charge is -2.20. The Balaban J connectivity index is 2.73. The zero-order chi connectivity index (χ0) is 15.1. The zero-order valence-electron chi connectivity index (χ0n) is 12.1. The lowest BCUT2D eigenvalue weighted by molar-refractivity contribution is -0.143. The number of carbonyl (C=O) groups is 2. The highest BCUT2D eigenvalue weighted by Crippen LogP contribution is 2.18. The molecule has 0 aromatic heterocycles. The van der Waals surface area contributed by atoms with Crippen LogP contribution in [0.1, 0.15) is 32.3 Å². The van der Waals surface area contributed by atoms with E-state index in [9.17, 15) is 9.59 Å². The number of nitrogens with one attached hydrogen (secondary N) is 1. The second-order valence-electron chi connectivity index (χ2n) is 4.59. The van der Waals surface area contributed by atoms with Crippen molar-refractivity contribution in [2.75, 3.05) is 0 Å². The first-order chi connectivity index (χ1) is 9.49. The molecule has 1 aromatic rings. The van der Waals surface area contributed by atoms with Gasteiger partial charge in [-0.1, -0.05) is 32.0 Å². The van der Waals surface area contributed by atoms with Crippen LogP contribution >= 0.6 is 0 Å².